The second-order valence-corrected chi connectivity index (χ2v) is 15.1. The normalized spacial score (nSPS) is 19.1. The van der Waals surface area contributed by atoms with Crippen LogP contribution in [0.3, 0.4) is 0 Å². The van der Waals surface area contributed by atoms with Gasteiger partial charge in [0.2, 0.25) is 6.23 Å². The Kier molecular flexibility index (Phi) is 9.27. The van der Waals surface area contributed by atoms with E-state index in [1.807, 2.05) is 91.0 Å². The first kappa shape index (κ1) is 37.5. The Labute approximate surface area is 340 Å². The predicted molar refractivity (Wildman–Crippen MR) is 220 cm³/mol. The maximum absolute atomic E-state index is 15.7. The van der Waals surface area contributed by atoms with Gasteiger partial charge in [0.25, 0.3) is 11.8 Å². The van der Waals surface area contributed by atoms with Gasteiger partial charge < -0.3 is 23.9 Å². The number of aryl methyl sites for hydroxylation is 1. The van der Waals surface area contributed by atoms with E-state index in [1.165, 1.54) is 6.07 Å². The maximum atomic E-state index is 15.7. The van der Waals surface area contributed by atoms with Crippen LogP contribution in [0.1, 0.15) is 49.2 Å². The second-order valence-electron chi connectivity index (χ2n) is 15.1. The van der Waals surface area contributed by atoms with Gasteiger partial charge in [0.05, 0.1) is 47.5 Å². The SMILES string of the molecule is C=C1OC(n2c3cc(F)c(F)cc3c3c4c(c5c6cc(F)c(C)cc6[nH]c5c32)C(=O)NC4=O)C(OCc2ccccc2)C(OCc2ccccc2)C1OCc1ccccc1. The maximum Gasteiger partial charge on any atom is 0.259 e. The average molecular weight is 808 g/mol. The fourth-order valence-electron chi connectivity index (χ4n) is 8.61. The van der Waals surface area contributed by atoms with Gasteiger partial charge in [-0.1, -0.05) is 97.6 Å². The number of carbonyl (C=O) groups is 2. The molecular formula is C48H36F3N3O6. The van der Waals surface area contributed by atoms with E-state index in [0.29, 0.717) is 22.0 Å². The highest BCUT2D eigenvalue weighted by Gasteiger charge is 2.48. The molecule has 6 aromatic carbocycles. The van der Waals surface area contributed by atoms with Gasteiger partial charge in [-0.3, -0.25) is 19.5 Å². The summed E-state index contributed by atoms with van der Waals surface area (Å²) >= 11 is 0. The van der Waals surface area contributed by atoms with Crippen LogP contribution < -0.4 is 5.32 Å². The fourth-order valence-corrected chi connectivity index (χ4v) is 8.61. The minimum atomic E-state index is -1.23. The Balaban J connectivity index is 1.24. The van der Waals surface area contributed by atoms with Crippen molar-refractivity contribution in [3.63, 3.8) is 0 Å². The number of benzene rings is 6. The number of fused-ring (bicyclic) bond motifs is 10. The van der Waals surface area contributed by atoms with E-state index in [9.17, 15) is 9.59 Å². The molecule has 4 unspecified atom stereocenters. The van der Waals surface area contributed by atoms with Gasteiger partial charge in [0, 0.05) is 33.1 Å². The van der Waals surface area contributed by atoms with Gasteiger partial charge in [-0.25, -0.2) is 13.2 Å². The lowest BCUT2D eigenvalue weighted by molar-refractivity contribution is -0.230. The van der Waals surface area contributed by atoms with Gasteiger partial charge >= 0.3 is 0 Å². The Morgan fingerprint density at radius 2 is 1.20 bits per heavy atom. The van der Waals surface area contributed by atoms with E-state index in [-0.39, 0.29) is 63.9 Å². The lowest BCUT2D eigenvalue weighted by Gasteiger charge is -2.44. The smallest absolute Gasteiger partial charge is 0.259 e. The molecule has 1 saturated heterocycles. The summed E-state index contributed by atoms with van der Waals surface area (Å²) < 4.78 is 75.2. The molecule has 0 spiro atoms. The molecule has 10 rings (SSSR count). The Morgan fingerprint density at radius 3 is 1.82 bits per heavy atom. The van der Waals surface area contributed by atoms with E-state index in [4.69, 9.17) is 18.9 Å². The Hall–Kier alpha value is -6.73. The van der Waals surface area contributed by atoms with Crippen LogP contribution in [-0.2, 0) is 38.8 Å². The molecule has 300 valence electrons. The summed E-state index contributed by atoms with van der Waals surface area (Å²) in [5, 5.41) is 3.29. The molecule has 0 aliphatic carbocycles. The van der Waals surface area contributed by atoms with Gasteiger partial charge in [-0.15, -0.1) is 0 Å². The third-order valence-corrected chi connectivity index (χ3v) is 11.4. The largest absolute Gasteiger partial charge is 0.469 e. The summed E-state index contributed by atoms with van der Waals surface area (Å²) in [6, 6.07) is 33.6. The first-order chi connectivity index (χ1) is 29.2. The number of nitrogens with zero attached hydrogens (tertiary/aromatic N) is 1. The highest BCUT2D eigenvalue weighted by Crippen LogP contribution is 2.48. The second kappa shape index (κ2) is 14.8. The van der Waals surface area contributed by atoms with Crippen molar-refractivity contribution in [2.75, 3.05) is 0 Å². The van der Waals surface area contributed by atoms with E-state index in [0.717, 1.165) is 28.8 Å². The minimum absolute atomic E-state index is 0.00918. The fraction of sp³-hybridized carbons (Fsp3) is 0.167. The number of aromatic nitrogens is 2. The van der Waals surface area contributed by atoms with E-state index in [2.05, 4.69) is 16.9 Å². The third kappa shape index (κ3) is 6.22. The molecule has 1 fully saturated rings. The van der Waals surface area contributed by atoms with Gasteiger partial charge in [0.15, 0.2) is 11.6 Å². The van der Waals surface area contributed by atoms with Crippen LogP contribution in [0.15, 0.2) is 128 Å². The van der Waals surface area contributed by atoms with Crippen molar-refractivity contribution in [1.29, 1.82) is 0 Å². The molecule has 2 aliphatic rings. The molecule has 2 amide bonds. The zero-order valence-corrected chi connectivity index (χ0v) is 32.1. The number of rotatable bonds is 10. The molecule has 0 radical (unpaired) electrons. The van der Waals surface area contributed by atoms with Crippen LogP contribution in [0.4, 0.5) is 13.2 Å². The van der Waals surface area contributed by atoms with Crippen molar-refractivity contribution < 1.29 is 41.7 Å². The topological polar surface area (TPSA) is 104 Å². The van der Waals surface area contributed by atoms with Crippen molar-refractivity contribution in [2.45, 2.75) is 51.3 Å². The summed E-state index contributed by atoms with van der Waals surface area (Å²) in [6.45, 7) is 6.34. The molecule has 2 aromatic heterocycles. The molecule has 60 heavy (non-hydrogen) atoms. The summed E-state index contributed by atoms with van der Waals surface area (Å²) in [4.78, 5) is 30.9. The number of halogens is 3. The lowest BCUT2D eigenvalue weighted by atomic mass is 9.96. The number of hydrogen-bond donors (Lipinski definition) is 2. The third-order valence-electron chi connectivity index (χ3n) is 11.4. The first-order valence-corrected chi connectivity index (χ1v) is 19.4. The Morgan fingerprint density at radius 1 is 0.667 bits per heavy atom. The number of amides is 2. The summed E-state index contributed by atoms with van der Waals surface area (Å²) in [5.74, 6) is -4.12. The Bertz CT molecular complexity index is 3020. The van der Waals surface area contributed by atoms with Crippen LogP contribution in [0.5, 0.6) is 0 Å². The number of hydrogen-bond acceptors (Lipinski definition) is 6. The van der Waals surface area contributed by atoms with Crippen molar-refractivity contribution in [3.05, 3.63) is 178 Å². The molecule has 12 heteroatoms. The molecule has 4 heterocycles. The zero-order valence-electron chi connectivity index (χ0n) is 32.1. The standard InChI is InChI=1S/C48H36F3N3O6/c1-25-18-35-30(19-32(25)49)37-39-40(47(56)53-46(39)55)38-31-20-33(50)34(51)21-36(31)54(42(38)41(37)52-35)48-45(59-24-29-16-10-5-11-17-29)44(58-23-28-14-8-4-9-15-28)43(26(2)60-48)57-22-27-12-6-3-7-13-27/h3-21,43-45,48,52H,2,22-24H2,1H3,(H,53,55,56). The van der Waals surface area contributed by atoms with Gasteiger partial charge in [0.1, 0.15) is 29.9 Å². The van der Waals surface area contributed by atoms with Crippen molar-refractivity contribution in [3.8, 4) is 0 Å². The number of carbonyl (C=O) groups excluding carboxylic acids is 2. The lowest BCUT2D eigenvalue weighted by Crippen LogP contribution is -2.52. The highest BCUT2D eigenvalue weighted by atomic mass is 19.2. The van der Waals surface area contributed by atoms with Gasteiger partial charge in [-0.05, 0) is 47.4 Å². The zero-order chi connectivity index (χ0) is 41.2. The van der Waals surface area contributed by atoms with Crippen LogP contribution in [-0.4, -0.2) is 39.7 Å². The molecule has 0 saturated carbocycles. The predicted octanol–water partition coefficient (Wildman–Crippen LogP) is 9.84. The monoisotopic (exact) mass is 807 g/mol. The summed E-state index contributed by atoms with van der Waals surface area (Å²) in [5.41, 5.74) is 4.05. The molecule has 2 aliphatic heterocycles. The van der Waals surface area contributed by atoms with Crippen LogP contribution in [0, 0.1) is 24.4 Å². The van der Waals surface area contributed by atoms with Crippen LogP contribution >= 0.6 is 0 Å². The number of H-pyrrole nitrogens is 1. The van der Waals surface area contributed by atoms with Crippen LogP contribution in [0.2, 0.25) is 0 Å². The molecule has 2 N–H and O–H groups in total. The number of ether oxygens (including phenoxy) is 4. The molecule has 9 nitrogen and oxygen atoms in total. The molecule has 4 atom stereocenters. The summed E-state index contributed by atoms with van der Waals surface area (Å²) in [6.07, 6.45) is -4.08. The molecule has 8 aromatic rings. The van der Waals surface area contributed by atoms with Crippen molar-refractivity contribution in [2.24, 2.45) is 0 Å². The number of aromatic amines is 1. The quantitative estimate of drug-likeness (QED) is 0.134. The van der Waals surface area contributed by atoms with E-state index < -0.39 is 53.8 Å². The molecular weight excluding hydrogens is 772 g/mol. The first-order valence-electron chi connectivity index (χ1n) is 19.4. The van der Waals surface area contributed by atoms with Crippen LogP contribution in [0.25, 0.3) is 43.6 Å². The van der Waals surface area contributed by atoms with Gasteiger partial charge in [-0.2, -0.15) is 0 Å². The average Bonchev–Trinajstić information content (AvgIpc) is 3.87. The van der Waals surface area contributed by atoms with E-state index in [1.54, 1.807) is 17.6 Å². The van der Waals surface area contributed by atoms with Crippen molar-refractivity contribution >= 4 is 55.4 Å². The summed E-state index contributed by atoms with van der Waals surface area (Å²) in [7, 11) is 0. The number of nitrogens with one attached hydrogen (secondary N) is 2. The highest BCUT2D eigenvalue weighted by molar-refractivity contribution is 6.39. The minimum Gasteiger partial charge on any atom is -0.469 e. The number of imide groups is 1. The van der Waals surface area contributed by atoms with Crippen molar-refractivity contribution in [1.82, 2.24) is 14.9 Å². The van der Waals surface area contributed by atoms with E-state index >= 15 is 13.2 Å². The molecule has 0 bridgehead atoms.